The van der Waals surface area contributed by atoms with Crippen LogP contribution in [-0.2, 0) is 13.0 Å². The molecule has 26 heavy (non-hydrogen) atoms. The van der Waals surface area contributed by atoms with E-state index in [4.69, 9.17) is 15.2 Å². The molecule has 0 fully saturated rings. The Morgan fingerprint density at radius 3 is 2.31 bits per heavy atom. The molecule has 0 bridgehead atoms. The van der Waals surface area contributed by atoms with Crippen LogP contribution < -0.4 is 15.2 Å². The molecule has 0 heterocycles. The molecule has 3 rings (SSSR count). The van der Waals surface area contributed by atoms with Gasteiger partial charge < -0.3 is 15.2 Å². The Bertz CT molecular complexity index is 817. The summed E-state index contributed by atoms with van der Waals surface area (Å²) < 4.78 is 11.3. The summed E-state index contributed by atoms with van der Waals surface area (Å²) in [5.74, 6) is 1.99. The number of hydrogen-bond acceptors (Lipinski definition) is 3. The summed E-state index contributed by atoms with van der Waals surface area (Å²) in [6.07, 6.45) is 0.867. The number of benzene rings is 3. The highest BCUT2D eigenvalue weighted by atomic mass is 16.5. The Morgan fingerprint density at radius 2 is 1.54 bits per heavy atom. The second kappa shape index (κ2) is 9.07. The lowest BCUT2D eigenvalue weighted by Gasteiger charge is -2.17. The van der Waals surface area contributed by atoms with Crippen molar-refractivity contribution in [3.05, 3.63) is 95.6 Å². The first-order valence-corrected chi connectivity index (χ1v) is 8.88. The van der Waals surface area contributed by atoms with E-state index in [2.05, 4.69) is 36.4 Å². The van der Waals surface area contributed by atoms with E-state index in [0.29, 0.717) is 13.2 Å². The van der Waals surface area contributed by atoms with Gasteiger partial charge in [-0.15, -0.1) is 0 Å². The maximum absolute atomic E-state index is 6.04. The average molecular weight is 347 g/mol. The van der Waals surface area contributed by atoms with Crippen LogP contribution in [0.4, 0.5) is 0 Å². The number of methoxy groups -OCH3 is 1. The first-order chi connectivity index (χ1) is 12.8. The van der Waals surface area contributed by atoms with Gasteiger partial charge in [-0.05, 0) is 53.9 Å². The van der Waals surface area contributed by atoms with E-state index in [1.807, 2.05) is 42.5 Å². The molecule has 0 aromatic heterocycles. The van der Waals surface area contributed by atoms with Crippen LogP contribution in [0.15, 0.2) is 78.9 Å². The highest BCUT2D eigenvalue weighted by Gasteiger charge is 2.12. The van der Waals surface area contributed by atoms with Gasteiger partial charge in [0.15, 0.2) is 0 Å². The lowest BCUT2D eigenvalue weighted by molar-refractivity contribution is 0.306. The second-order valence-corrected chi connectivity index (χ2v) is 6.34. The Morgan fingerprint density at radius 1 is 0.808 bits per heavy atom. The summed E-state index contributed by atoms with van der Waals surface area (Å²) in [4.78, 5) is 0. The van der Waals surface area contributed by atoms with Gasteiger partial charge in [0.25, 0.3) is 0 Å². The monoisotopic (exact) mass is 347 g/mol. The highest BCUT2D eigenvalue weighted by Crippen LogP contribution is 2.25. The molecule has 3 nitrogen and oxygen atoms in total. The second-order valence-electron chi connectivity index (χ2n) is 6.34. The highest BCUT2D eigenvalue weighted by molar-refractivity contribution is 5.34. The fourth-order valence-electron chi connectivity index (χ4n) is 3.02. The summed E-state index contributed by atoms with van der Waals surface area (Å²) >= 11 is 0. The van der Waals surface area contributed by atoms with Crippen LogP contribution in [0, 0.1) is 0 Å². The number of nitrogens with two attached hydrogens (primary N) is 1. The van der Waals surface area contributed by atoms with Crippen molar-refractivity contribution in [2.24, 2.45) is 5.73 Å². The van der Waals surface area contributed by atoms with E-state index in [1.165, 1.54) is 11.1 Å². The molecule has 0 amide bonds. The third kappa shape index (κ3) is 4.87. The molecule has 0 spiro atoms. The predicted molar refractivity (Wildman–Crippen MR) is 106 cm³/mol. The summed E-state index contributed by atoms with van der Waals surface area (Å²) in [5, 5.41) is 0. The molecule has 0 aliphatic heterocycles. The quantitative estimate of drug-likeness (QED) is 0.650. The minimum absolute atomic E-state index is 0.245. The van der Waals surface area contributed by atoms with Gasteiger partial charge in [-0.1, -0.05) is 54.6 Å². The normalized spacial score (nSPS) is 11.8. The van der Waals surface area contributed by atoms with Gasteiger partial charge in [-0.25, -0.2) is 0 Å². The number of ether oxygens (including phenoxy) is 2. The van der Waals surface area contributed by atoms with Crippen LogP contribution in [-0.4, -0.2) is 13.7 Å². The van der Waals surface area contributed by atoms with Crippen LogP contribution >= 0.6 is 0 Å². The van der Waals surface area contributed by atoms with Crippen LogP contribution in [0.1, 0.15) is 22.6 Å². The van der Waals surface area contributed by atoms with Crippen molar-refractivity contribution in [2.45, 2.75) is 18.9 Å². The maximum atomic E-state index is 6.04. The molecule has 2 N–H and O–H groups in total. The first-order valence-electron chi connectivity index (χ1n) is 8.88. The lowest BCUT2D eigenvalue weighted by atomic mass is 9.92. The third-order valence-electron chi connectivity index (χ3n) is 4.48. The molecule has 1 unspecified atom stereocenters. The van der Waals surface area contributed by atoms with Gasteiger partial charge in [-0.2, -0.15) is 0 Å². The van der Waals surface area contributed by atoms with E-state index in [0.717, 1.165) is 23.5 Å². The fraction of sp³-hybridized carbons (Fsp3) is 0.217. The Kier molecular flexibility index (Phi) is 6.29. The molecule has 0 radical (unpaired) electrons. The van der Waals surface area contributed by atoms with Crippen LogP contribution in [0.5, 0.6) is 11.5 Å². The zero-order chi connectivity index (χ0) is 18.2. The van der Waals surface area contributed by atoms with Crippen LogP contribution in [0.2, 0.25) is 0 Å². The summed E-state index contributed by atoms with van der Waals surface area (Å²) in [5.41, 5.74) is 9.62. The van der Waals surface area contributed by atoms with Crippen molar-refractivity contribution in [1.82, 2.24) is 0 Å². The first kappa shape index (κ1) is 18.0. The number of hydrogen-bond donors (Lipinski definition) is 1. The summed E-state index contributed by atoms with van der Waals surface area (Å²) in [6, 6.07) is 26.6. The topological polar surface area (TPSA) is 44.5 Å². The van der Waals surface area contributed by atoms with Crippen molar-refractivity contribution in [3.8, 4) is 11.5 Å². The van der Waals surface area contributed by atoms with E-state index in [1.54, 1.807) is 7.11 Å². The molecule has 0 saturated carbocycles. The smallest absolute Gasteiger partial charge is 0.120 e. The predicted octanol–water partition coefficient (Wildman–Crippen LogP) is 4.56. The van der Waals surface area contributed by atoms with Gasteiger partial charge in [0.2, 0.25) is 0 Å². The van der Waals surface area contributed by atoms with Crippen LogP contribution in [0.25, 0.3) is 0 Å². The molecule has 1 atom stereocenters. The lowest BCUT2D eigenvalue weighted by Crippen LogP contribution is -2.15. The minimum Gasteiger partial charge on any atom is -0.497 e. The van der Waals surface area contributed by atoms with Crippen molar-refractivity contribution in [2.75, 3.05) is 13.7 Å². The van der Waals surface area contributed by atoms with Crippen molar-refractivity contribution in [1.29, 1.82) is 0 Å². The molecule has 134 valence electrons. The summed E-state index contributed by atoms with van der Waals surface area (Å²) in [7, 11) is 1.68. The molecule has 0 aliphatic rings. The molecule has 3 aromatic rings. The molecular formula is C23H25NO2. The van der Waals surface area contributed by atoms with Gasteiger partial charge in [-0.3, -0.25) is 0 Å². The van der Waals surface area contributed by atoms with E-state index in [-0.39, 0.29) is 5.92 Å². The van der Waals surface area contributed by atoms with Crippen LogP contribution in [0.3, 0.4) is 0 Å². The third-order valence-corrected chi connectivity index (χ3v) is 4.48. The summed E-state index contributed by atoms with van der Waals surface area (Å²) in [6.45, 7) is 1.16. The Balaban J connectivity index is 1.68. The Hall–Kier alpha value is -2.78. The van der Waals surface area contributed by atoms with Gasteiger partial charge >= 0.3 is 0 Å². The SMILES string of the molecule is COc1cccc(C(CN)Cc2cccc(OCc3ccccc3)c2)c1. The minimum atomic E-state index is 0.245. The van der Waals surface area contributed by atoms with Gasteiger partial charge in [0.05, 0.1) is 7.11 Å². The number of rotatable bonds is 8. The zero-order valence-corrected chi connectivity index (χ0v) is 15.1. The molecule has 3 aromatic carbocycles. The van der Waals surface area contributed by atoms with Gasteiger partial charge in [0.1, 0.15) is 18.1 Å². The molecule has 0 aliphatic carbocycles. The molecule has 0 saturated heterocycles. The largest absolute Gasteiger partial charge is 0.497 e. The van der Waals surface area contributed by atoms with E-state index < -0.39 is 0 Å². The van der Waals surface area contributed by atoms with E-state index in [9.17, 15) is 0 Å². The fourth-order valence-corrected chi connectivity index (χ4v) is 3.02. The Labute approximate surface area is 155 Å². The van der Waals surface area contributed by atoms with E-state index >= 15 is 0 Å². The maximum Gasteiger partial charge on any atom is 0.120 e. The van der Waals surface area contributed by atoms with Crippen molar-refractivity contribution in [3.63, 3.8) is 0 Å². The van der Waals surface area contributed by atoms with Crippen molar-refractivity contribution >= 4 is 0 Å². The zero-order valence-electron chi connectivity index (χ0n) is 15.1. The average Bonchev–Trinajstić information content (AvgIpc) is 2.71. The molecular weight excluding hydrogens is 322 g/mol. The van der Waals surface area contributed by atoms with Gasteiger partial charge in [0, 0.05) is 5.92 Å². The standard InChI is InChI=1S/C23H25NO2/c1-25-22-11-6-10-20(15-22)21(16-24)13-19-9-5-12-23(14-19)26-17-18-7-3-2-4-8-18/h2-12,14-15,21H,13,16-17,24H2,1H3. The van der Waals surface area contributed by atoms with Crippen molar-refractivity contribution < 1.29 is 9.47 Å². The molecule has 3 heteroatoms.